The number of carboxylic acids is 1. The third-order valence-electron chi connectivity index (χ3n) is 3.55. The lowest BCUT2D eigenvalue weighted by Gasteiger charge is -2.53. The molecule has 13 heavy (non-hydrogen) atoms. The van der Waals surface area contributed by atoms with Crippen LogP contribution in [0.15, 0.2) is 0 Å². The second-order valence-electron chi connectivity index (χ2n) is 4.70. The fraction of sp³-hybridized carbons (Fsp3) is 0.900. The highest BCUT2D eigenvalue weighted by molar-refractivity contribution is 5.67. The van der Waals surface area contributed by atoms with Crippen molar-refractivity contribution in [3.63, 3.8) is 0 Å². The maximum Gasteiger partial charge on any atom is 0.303 e. The van der Waals surface area contributed by atoms with E-state index in [1.165, 1.54) is 0 Å². The minimum absolute atomic E-state index is 0.0213. The monoisotopic (exact) mass is 186 g/mol. The molecule has 1 aliphatic carbocycles. The predicted octanol–water partition coefficient (Wildman–Crippen LogP) is 1.50. The molecule has 0 saturated heterocycles. The molecule has 0 aliphatic heterocycles. The van der Waals surface area contributed by atoms with Gasteiger partial charge < -0.3 is 10.2 Å². The summed E-state index contributed by atoms with van der Waals surface area (Å²) in [5.74, 6) is -0.247. The summed E-state index contributed by atoms with van der Waals surface area (Å²) in [6, 6.07) is 0. The Morgan fingerprint density at radius 2 is 2.15 bits per heavy atom. The minimum atomic E-state index is -0.734. The van der Waals surface area contributed by atoms with E-state index in [-0.39, 0.29) is 29.8 Å². The zero-order chi connectivity index (χ0) is 10.2. The van der Waals surface area contributed by atoms with Gasteiger partial charge in [0.05, 0.1) is 6.10 Å². The van der Waals surface area contributed by atoms with Crippen molar-refractivity contribution in [1.29, 1.82) is 0 Å². The fourth-order valence-corrected chi connectivity index (χ4v) is 2.43. The standard InChI is InChI=1S/C10H18O3/c1-6(11)8-4-7(5-9(12)13)10(8,2)3/h6-8,11H,4-5H2,1-3H3,(H,12,13)/t6-,7-,8-/m1/s1. The van der Waals surface area contributed by atoms with Gasteiger partial charge in [-0.05, 0) is 30.6 Å². The van der Waals surface area contributed by atoms with E-state index in [1.54, 1.807) is 6.92 Å². The quantitative estimate of drug-likeness (QED) is 0.702. The highest BCUT2D eigenvalue weighted by Gasteiger charge is 2.50. The van der Waals surface area contributed by atoms with E-state index in [9.17, 15) is 9.90 Å². The first-order chi connectivity index (χ1) is 5.85. The van der Waals surface area contributed by atoms with E-state index < -0.39 is 5.97 Å². The molecule has 0 bridgehead atoms. The summed E-state index contributed by atoms with van der Waals surface area (Å²) >= 11 is 0. The molecule has 0 aromatic rings. The Bertz CT molecular complexity index is 208. The normalized spacial score (nSPS) is 33.5. The zero-order valence-corrected chi connectivity index (χ0v) is 8.45. The number of aliphatic carboxylic acids is 1. The van der Waals surface area contributed by atoms with Gasteiger partial charge in [0.25, 0.3) is 0 Å². The Kier molecular flexibility index (Phi) is 2.66. The molecule has 1 fully saturated rings. The van der Waals surface area contributed by atoms with E-state index in [0.29, 0.717) is 0 Å². The fourth-order valence-electron chi connectivity index (χ4n) is 2.43. The lowest BCUT2D eigenvalue weighted by Crippen LogP contribution is -2.50. The number of rotatable bonds is 3. The highest BCUT2D eigenvalue weighted by atomic mass is 16.4. The summed E-state index contributed by atoms with van der Waals surface area (Å²) in [5.41, 5.74) is -0.0213. The van der Waals surface area contributed by atoms with Crippen LogP contribution < -0.4 is 0 Å². The van der Waals surface area contributed by atoms with Gasteiger partial charge in [0, 0.05) is 6.42 Å². The maximum atomic E-state index is 10.5. The number of carbonyl (C=O) groups is 1. The first-order valence-corrected chi connectivity index (χ1v) is 4.75. The van der Waals surface area contributed by atoms with E-state index in [0.717, 1.165) is 6.42 Å². The molecule has 0 spiro atoms. The first-order valence-electron chi connectivity index (χ1n) is 4.75. The number of hydrogen-bond acceptors (Lipinski definition) is 2. The highest BCUT2D eigenvalue weighted by Crippen LogP contribution is 2.54. The molecule has 76 valence electrons. The molecule has 1 saturated carbocycles. The van der Waals surface area contributed by atoms with Gasteiger partial charge in [-0.25, -0.2) is 0 Å². The van der Waals surface area contributed by atoms with E-state index in [4.69, 9.17) is 5.11 Å². The molecule has 1 aliphatic rings. The molecular weight excluding hydrogens is 168 g/mol. The average Bonchev–Trinajstić information content (AvgIpc) is 1.96. The zero-order valence-electron chi connectivity index (χ0n) is 8.45. The van der Waals surface area contributed by atoms with Crippen LogP contribution in [0.5, 0.6) is 0 Å². The minimum Gasteiger partial charge on any atom is -0.481 e. The lowest BCUT2D eigenvalue weighted by atomic mass is 9.52. The average molecular weight is 186 g/mol. The molecule has 2 N–H and O–H groups in total. The van der Waals surface area contributed by atoms with Gasteiger partial charge in [-0.1, -0.05) is 13.8 Å². The molecule has 1 rings (SSSR count). The Morgan fingerprint density at radius 1 is 1.62 bits per heavy atom. The SMILES string of the molecule is C[C@@H](O)[C@H]1C[C@H](CC(=O)O)C1(C)C. The van der Waals surface area contributed by atoms with Crippen LogP contribution in [0.3, 0.4) is 0 Å². The van der Waals surface area contributed by atoms with Gasteiger partial charge in [0.2, 0.25) is 0 Å². The molecule has 0 aromatic heterocycles. The number of aliphatic hydroxyl groups is 1. The van der Waals surface area contributed by atoms with E-state index in [1.807, 2.05) is 13.8 Å². The van der Waals surface area contributed by atoms with Crippen LogP contribution >= 0.6 is 0 Å². The van der Waals surface area contributed by atoms with Gasteiger partial charge in [-0.15, -0.1) is 0 Å². The maximum absolute atomic E-state index is 10.5. The smallest absolute Gasteiger partial charge is 0.303 e. The summed E-state index contributed by atoms with van der Waals surface area (Å²) in [6.45, 7) is 5.87. The van der Waals surface area contributed by atoms with Gasteiger partial charge in [0.15, 0.2) is 0 Å². The number of aliphatic hydroxyl groups excluding tert-OH is 1. The van der Waals surface area contributed by atoms with Crippen LogP contribution in [-0.2, 0) is 4.79 Å². The molecule has 0 unspecified atom stereocenters. The van der Waals surface area contributed by atoms with Crippen LogP contribution in [0, 0.1) is 17.3 Å². The van der Waals surface area contributed by atoms with Crippen LogP contribution in [0.2, 0.25) is 0 Å². The predicted molar refractivity (Wildman–Crippen MR) is 49.3 cm³/mol. The third kappa shape index (κ3) is 1.85. The summed E-state index contributed by atoms with van der Waals surface area (Å²) in [6.07, 6.45) is 0.757. The Labute approximate surface area is 78.8 Å². The van der Waals surface area contributed by atoms with Crippen molar-refractivity contribution in [2.75, 3.05) is 0 Å². The van der Waals surface area contributed by atoms with Crippen molar-refractivity contribution in [2.24, 2.45) is 17.3 Å². The van der Waals surface area contributed by atoms with Crippen LogP contribution in [0.1, 0.15) is 33.6 Å². The molecule has 0 aromatic carbocycles. The van der Waals surface area contributed by atoms with Crippen LogP contribution in [0.4, 0.5) is 0 Å². The second-order valence-corrected chi connectivity index (χ2v) is 4.70. The van der Waals surface area contributed by atoms with Gasteiger partial charge >= 0.3 is 5.97 Å². The van der Waals surface area contributed by atoms with Crippen molar-refractivity contribution in [2.45, 2.75) is 39.7 Å². The second kappa shape index (κ2) is 3.29. The Hall–Kier alpha value is -0.570. The van der Waals surface area contributed by atoms with Crippen molar-refractivity contribution in [1.82, 2.24) is 0 Å². The molecule has 0 radical (unpaired) electrons. The Morgan fingerprint density at radius 3 is 2.46 bits per heavy atom. The molecule has 0 amide bonds. The van der Waals surface area contributed by atoms with Gasteiger partial charge in [-0.3, -0.25) is 4.79 Å². The topological polar surface area (TPSA) is 57.5 Å². The number of carboxylic acid groups (broad SMARTS) is 1. The van der Waals surface area contributed by atoms with Gasteiger partial charge in [-0.2, -0.15) is 0 Å². The molecule has 3 heteroatoms. The largest absolute Gasteiger partial charge is 0.481 e. The van der Waals surface area contributed by atoms with Gasteiger partial charge in [0.1, 0.15) is 0 Å². The van der Waals surface area contributed by atoms with Crippen molar-refractivity contribution < 1.29 is 15.0 Å². The molecule has 0 heterocycles. The Balaban J connectivity index is 2.54. The van der Waals surface area contributed by atoms with E-state index in [2.05, 4.69) is 0 Å². The van der Waals surface area contributed by atoms with Crippen molar-refractivity contribution in [3.05, 3.63) is 0 Å². The summed E-state index contributed by atoms with van der Waals surface area (Å²) in [7, 11) is 0. The van der Waals surface area contributed by atoms with E-state index >= 15 is 0 Å². The van der Waals surface area contributed by atoms with Crippen LogP contribution in [-0.4, -0.2) is 22.3 Å². The number of hydrogen-bond donors (Lipinski definition) is 2. The molecule has 3 atom stereocenters. The van der Waals surface area contributed by atoms with Crippen molar-refractivity contribution in [3.8, 4) is 0 Å². The van der Waals surface area contributed by atoms with Crippen LogP contribution in [0.25, 0.3) is 0 Å². The molecule has 3 nitrogen and oxygen atoms in total. The third-order valence-corrected chi connectivity index (χ3v) is 3.55. The summed E-state index contributed by atoms with van der Waals surface area (Å²) in [5, 5.41) is 18.1. The summed E-state index contributed by atoms with van der Waals surface area (Å²) < 4.78 is 0. The lowest BCUT2D eigenvalue weighted by molar-refractivity contribution is -0.147. The van der Waals surface area contributed by atoms with Crippen molar-refractivity contribution >= 4 is 5.97 Å². The molecular formula is C10H18O3. The first kappa shape index (κ1) is 10.5. The summed E-state index contributed by atoms with van der Waals surface area (Å²) in [4.78, 5) is 10.5.